The lowest BCUT2D eigenvalue weighted by Crippen LogP contribution is -2.31. The summed E-state index contributed by atoms with van der Waals surface area (Å²) in [6, 6.07) is 18.8. The molecule has 0 aliphatic carbocycles. The molecule has 0 saturated carbocycles. The Hall–Kier alpha value is -3.58. The van der Waals surface area contributed by atoms with E-state index < -0.39 is 0 Å². The predicted molar refractivity (Wildman–Crippen MR) is 128 cm³/mol. The maximum absolute atomic E-state index is 13.7. The molecule has 0 N–H and O–H groups in total. The van der Waals surface area contributed by atoms with Crippen LogP contribution in [0, 0.1) is 5.92 Å². The first kappa shape index (κ1) is 23.6. The van der Waals surface area contributed by atoms with Crippen molar-refractivity contribution in [3.05, 3.63) is 83.7 Å². The van der Waals surface area contributed by atoms with Gasteiger partial charge in [0, 0.05) is 25.3 Å². The molecule has 4 rings (SSSR count). The summed E-state index contributed by atoms with van der Waals surface area (Å²) in [6.07, 6.45) is 2.75. The van der Waals surface area contributed by atoms with Crippen molar-refractivity contribution in [2.24, 2.45) is 5.92 Å². The number of ether oxygens (including phenoxy) is 4. The van der Waals surface area contributed by atoms with E-state index in [0.29, 0.717) is 42.7 Å². The number of pyridine rings is 1. The summed E-state index contributed by atoms with van der Waals surface area (Å²) in [7, 11) is 3.13. The molecule has 1 aliphatic heterocycles. The number of carbonyl (C=O) groups is 1. The molecule has 1 atom stereocenters. The number of benzene rings is 2. The lowest BCUT2D eigenvalue weighted by atomic mass is 10.1. The highest BCUT2D eigenvalue weighted by molar-refractivity contribution is 5.97. The van der Waals surface area contributed by atoms with Crippen LogP contribution in [0.3, 0.4) is 0 Å². The Morgan fingerprint density at radius 1 is 1.03 bits per heavy atom. The summed E-state index contributed by atoms with van der Waals surface area (Å²) in [5.41, 5.74) is 2.20. The lowest BCUT2D eigenvalue weighted by Gasteiger charge is -2.24. The van der Waals surface area contributed by atoms with Gasteiger partial charge >= 0.3 is 0 Å². The number of nitrogens with zero attached hydrogens (tertiary/aromatic N) is 2. The second-order valence-corrected chi connectivity index (χ2v) is 8.24. The summed E-state index contributed by atoms with van der Waals surface area (Å²) in [5.74, 6) is 2.12. The average molecular weight is 463 g/mol. The Labute approximate surface area is 200 Å². The van der Waals surface area contributed by atoms with Crippen LogP contribution >= 0.6 is 0 Å². The number of hydrogen-bond donors (Lipinski definition) is 0. The topological polar surface area (TPSA) is 70.1 Å². The number of hydrogen-bond acceptors (Lipinski definition) is 6. The normalized spacial score (nSPS) is 15.1. The second kappa shape index (κ2) is 11.5. The zero-order valence-corrected chi connectivity index (χ0v) is 19.6. The summed E-state index contributed by atoms with van der Waals surface area (Å²) < 4.78 is 22.3. The molecule has 1 unspecified atom stereocenters. The zero-order chi connectivity index (χ0) is 23.8. The molecule has 1 amide bonds. The molecule has 34 heavy (non-hydrogen) atoms. The Morgan fingerprint density at radius 3 is 2.68 bits per heavy atom. The maximum Gasteiger partial charge on any atom is 0.258 e. The van der Waals surface area contributed by atoms with E-state index in [1.54, 1.807) is 43.5 Å². The highest BCUT2D eigenvalue weighted by atomic mass is 16.5. The number of carbonyl (C=O) groups excluding carboxylic acids is 1. The van der Waals surface area contributed by atoms with Crippen molar-refractivity contribution in [2.75, 3.05) is 34.0 Å². The van der Waals surface area contributed by atoms with Gasteiger partial charge in [-0.15, -0.1) is 0 Å². The van der Waals surface area contributed by atoms with Crippen molar-refractivity contribution in [1.82, 2.24) is 9.88 Å². The van der Waals surface area contributed by atoms with Gasteiger partial charge in [-0.1, -0.05) is 18.2 Å². The van der Waals surface area contributed by atoms with Crippen molar-refractivity contribution < 1.29 is 23.7 Å². The standard InChI is InChI=1S/C27H30N2O5/c1-31-23-9-10-26(32-2)25(15-23)27(30)29(17-22-7-3-4-12-28-22)16-20-6-5-8-24(14-20)34-19-21-11-13-33-18-21/h3-10,12,14-15,21H,11,13,16-19H2,1-2H3. The summed E-state index contributed by atoms with van der Waals surface area (Å²) in [6.45, 7) is 2.91. The van der Waals surface area contributed by atoms with Gasteiger partial charge < -0.3 is 23.8 Å². The first-order valence-corrected chi connectivity index (χ1v) is 11.4. The maximum atomic E-state index is 13.7. The van der Waals surface area contributed by atoms with E-state index in [0.717, 1.165) is 36.6 Å². The predicted octanol–water partition coefficient (Wildman–Crippen LogP) is 4.36. The highest BCUT2D eigenvalue weighted by Crippen LogP contribution is 2.27. The second-order valence-electron chi connectivity index (χ2n) is 8.24. The van der Waals surface area contributed by atoms with Gasteiger partial charge in [-0.25, -0.2) is 0 Å². The van der Waals surface area contributed by atoms with Gasteiger partial charge in [0.05, 0.1) is 45.2 Å². The minimum absolute atomic E-state index is 0.171. The van der Waals surface area contributed by atoms with Gasteiger partial charge in [-0.2, -0.15) is 0 Å². The number of rotatable bonds is 10. The Morgan fingerprint density at radius 2 is 1.94 bits per heavy atom. The highest BCUT2D eigenvalue weighted by Gasteiger charge is 2.22. The van der Waals surface area contributed by atoms with Gasteiger partial charge in [0.2, 0.25) is 0 Å². The molecule has 178 valence electrons. The van der Waals surface area contributed by atoms with Gasteiger partial charge in [0.25, 0.3) is 5.91 Å². The number of aromatic nitrogens is 1. The smallest absolute Gasteiger partial charge is 0.258 e. The molecule has 0 spiro atoms. The SMILES string of the molecule is COc1ccc(OC)c(C(=O)N(Cc2cccc(OCC3CCOC3)c2)Cc2ccccn2)c1. The fraction of sp³-hybridized carbons (Fsp3) is 0.333. The van der Waals surface area contributed by atoms with Crippen LogP contribution in [0.5, 0.6) is 17.2 Å². The molecular weight excluding hydrogens is 432 g/mol. The third kappa shape index (κ3) is 6.05. The van der Waals surface area contributed by atoms with Gasteiger partial charge in [-0.3, -0.25) is 9.78 Å². The van der Waals surface area contributed by atoms with Crippen molar-refractivity contribution >= 4 is 5.91 Å². The van der Waals surface area contributed by atoms with E-state index in [9.17, 15) is 4.79 Å². The molecule has 0 bridgehead atoms. The molecular formula is C27H30N2O5. The van der Waals surface area contributed by atoms with Gasteiger partial charge in [0.15, 0.2) is 0 Å². The van der Waals surface area contributed by atoms with E-state index >= 15 is 0 Å². The largest absolute Gasteiger partial charge is 0.497 e. The van der Waals surface area contributed by atoms with Crippen LogP contribution in [0.1, 0.15) is 28.0 Å². The molecule has 1 aromatic heterocycles. The molecule has 0 radical (unpaired) electrons. The monoisotopic (exact) mass is 462 g/mol. The van der Waals surface area contributed by atoms with E-state index in [4.69, 9.17) is 18.9 Å². The third-order valence-electron chi connectivity index (χ3n) is 5.78. The fourth-order valence-corrected chi connectivity index (χ4v) is 3.92. The van der Waals surface area contributed by atoms with E-state index in [1.165, 1.54) is 0 Å². The zero-order valence-electron chi connectivity index (χ0n) is 19.6. The van der Waals surface area contributed by atoms with E-state index in [1.807, 2.05) is 42.5 Å². The van der Waals surface area contributed by atoms with Crippen molar-refractivity contribution in [2.45, 2.75) is 19.5 Å². The van der Waals surface area contributed by atoms with Crippen LogP contribution in [-0.4, -0.2) is 49.8 Å². The molecule has 3 aromatic rings. The van der Waals surface area contributed by atoms with Crippen LogP contribution in [0.25, 0.3) is 0 Å². The van der Waals surface area contributed by atoms with Crippen molar-refractivity contribution in [3.63, 3.8) is 0 Å². The summed E-state index contributed by atoms with van der Waals surface area (Å²) in [4.78, 5) is 19.9. The molecule has 7 heteroatoms. The minimum atomic E-state index is -0.171. The molecule has 2 aromatic carbocycles. The molecule has 1 saturated heterocycles. The third-order valence-corrected chi connectivity index (χ3v) is 5.78. The Balaban J connectivity index is 1.57. The van der Waals surface area contributed by atoms with Crippen LogP contribution in [-0.2, 0) is 17.8 Å². The van der Waals surface area contributed by atoms with Crippen LogP contribution in [0.15, 0.2) is 66.9 Å². The molecule has 7 nitrogen and oxygen atoms in total. The van der Waals surface area contributed by atoms with Crippen molar-refractivity contribution in [3.8, 4) is 17.2 Å². The number of amides is 1. The van der Waals surface area contributed by atoms with Crippen molar-refractivity contribution in [1.29, 1.82) is 0 Å². The van der Waals surface area contributed by atoms with Crippen LogP contribution in [0.2, 0.25) is 0 Å². The lowest BCUT2D eigenvalue weighted by molar-refractivity contribution is 0.0723. The minimum Gasteiger partial charge on any atom is -0.497 e. The van der Waals surface area contributed by atoms with Gasteiger partial charge in [-0.05, 0) is 54.4 Å². The van der Waals surface area contributed by atoms with Crippen LogP contribution < -0.4 is 14.2 Å². The Kier molecular flexibility index (Phi) is 7.99. The fourth-order valence-electron chi connectivity index (χ4n) is 3.92. The van der Waals surface area contributed by atoms with Crippen LogP contribution in [0.4, 0.5) is 0 Å². The van der Waals surface area contributed by atoms with E-state index in [-0.39, 0.29) is 5.91 Å². The first-order chi connectivity index (χ1) is 16.7. The average Bonchev–Trinajstić information content (AvgIpc) is 3.41. The number of methoxy groups -OCH3 is 2. The molecule has 1 fully saturated rings. The quantitative estimate of drug-likeness (QED) is 0.446. The first-order valence-electron chi connectivity index (χ1n) is 11.4. The summed E-state index contributed by atoms with van der Waals surface area (Å²) in [5, 5.41) is 0. The molecule has 2 heterocycles. The van der Waals surface area contributed by atoms with E-state index in [2.05, 4.69) is 4.98 Å². The summed E-state index contributed by atoms with van der Waals surface area (Å²) >= 11 is 0. The van der Waals surface area contributed by atoms with Gasteiger partial charge in [0.1, 0.15) is 17.2 Å². The Bertz CT molecular complexity index is 1080. The molecule has 1 aliphatic rings.